The van der Waals surface area contributed by atoms with Gasteiger partial charge in [-0.15, -0.1) is 0 Å². The van der Waals surface area contributed by atoms with Crippen molar-refractivity contribution < 1.29 is 19.4 Å². The maximum Gasteiger partial charge on any atom is 0.218 e. The minimum atomic E-state index is -0.584. The third kappa shape index (κ3) is 3.19. The van der Waals surface area contributed by atoms with Gasteiger partial charge in [-0.05, 0) is 35.2 Å². The predicted octanol–water partition coefficient (Wildman–Crippen LogP) is 4.35. The fraction of sp³-hybridized carbons (Fsp3) is 0.304. The Morgan fingerprint density at radius 1 is 1.28 bits per heavy atom. The number of rotatable bonds is 3. The molecule has 29 heavy (non-hydrogen) atoms. The molecule has 1 aliphatic heterocycles. The first kappa shape index (κ1) is 18.9. The molecule has 2 aliphatic rings. The zero-order valence-corrected chi connectivity index (χ0v) is 16.6. The zero-order valence-electron chi connectivity index (χ0n) is 16.6. The van der Waals surface area contributed by atoms with Gasteiger partial charge in [0, 0.05) is 30.8 Å². The monoisotopic (exact) mass is 390 g/mol. The third-order valence-electron chi connectivity index (χ3n) is 5.40. The molecule has 0 bridgehead atoms. The van der Waals surface area contributed by atoms with Crippen LogP contribution in [0.4, 0.5) is 0 Å². The first-order valence-corrected chi connectivity index (χ1v) is 9.43. The van der Waals surface area contributed by atoms with Crippen molar-refractivity contribution >= 4 is 11.7 Å². The number of hydrogen-bond donors (Lipinski definition) is 1. The molecule has 0 unspecified atom stereocenters. The van der Waals surface area contributed by atoms with Crippen LogP contribution < -0.4 is 4.74 Å². The number of phenolic OH excluding ortho intramolecular Hbond substituents is 1. The number of nitriles is 1. The van der Waals surface area contributed by atoms with E-state index >= 15 is 0 Å². The van der Waals surface area contributed by atoms with E-state index in [0.29, 0.717) is 46.9 Å². The first-order chi connectivity index (χ1) is 13.8. The SMILES string of the molecule is COc1cc([C@H]2C(C#N)=C(n3cccc3)OC3=C2C(=O)CC(C)(C)C3)ccc1O. The molecule has 6 heteroatoms. The summed E-state index contributed by atoms with van der Waals surface area (Å²) in [4.78, 5) is 13.1. The van der Waals surface area contributed by atoms with Crippen LogP contribution in [0.1, 0.15) is 38.2 Å². The summed E-state index contributed by atoms with van der Waals surface area (Å²) < 4.78 is 13.2. The fourth-order valence-electron chi connectivity index (χ4n) is 4.11. The molecular formula is C23H22N2O4. The highest BCUT2D eigenvalue weighted by Gasteiger charge is 2.43. The highest BCUT2D eigenvalue weighted by atomic mass is 16.5. The Labute approximate surface area is 169 Å². The van der Waals surface area contributed by atoms with Crippen molar-refractivity contribution in [3.63, 3.8) is 0 Å². The average molecular weight is 390 g/mol. The lowest BCUT2D eigenvalue weighted by atomic mass is 9.70. The molecule has 1 atom stereocenters. The van der Waals surface area contributed by atoms with Gasteiger partial charge in [0.2, 0.25) is 5.88 Å². The lowest BCUT2D eigenvalue weighted by Gasteiger charge is -2.38. The Morgan fingerprint density at radius 3 is 2.66 bits per heavy atom. The second kappa shape index (κ2) is 6.85. The van der Waals surface area contributed by atoms with E-state index in [2.05, 4.69) is 6.07 Å². The molecule has 1 aromatic heterocycles. The molecule has 1 aliphatic carbocycles. The second-order valence-corrected chi connectivity index (χ2v) is 8.17. The van der Waals surface area contributed by atoms with E-state index in [9.17, 15) is 15.2 Å². The highest BCUT2D eigenvalue weighted by Crippen LogP contribution is 2.50. The summed E-state index contributed by atoms with van der Waals surface area (Å²) in [7, 11) is 1.47. The standard InChI is InChI=1S/C23H22N2O4/c1-23(2)11-17(27)21-19(12-23)29-22(25-8-4-5-9-25)15(13-24)20(21)14-6-7-16(26)18(10-14)28-3/h4-10,20,26H,11-12H2,1-3H3/t20-/m0/s1. The number of nitrogens with zero attached hydrogens (tertiary/aromatic N) is 2. The zero-order chi connectivity index (χ0) is 20.8. The number of ether oxygens (including phenoxy) is 2. The van der Waals surface area contributed by atoms with Gasteiger partial charge >= 0.3 is 0 Å². The van der Waals surface area contributed by atoms with E-state index in [1.54, 1.807) is 16.7 Å². The number of hydrogen-bond acceptors (Lipinski definition) is 5. The number of aromatic nitrogens is 1. The molecule has 4 rings (SSSR count). The summed E-state index contributed by atoms with van der Waals surface area (Å²) in [6.07, 6.45) is 4.60. The Kier molecular flexibility index (Phi) is 4.46. The van der Waals surface area contributed by atoms with Crippen molar-refractivity contribution in [2.24, 2.45) is 5.41 Å². The molecule has 0 saturated heterocycles. The molecular weight excluding hydrogens is 368 g/mol. The Balaban J connectivity index is 1.96. The van der Waals surface area contributed by atoms with E-state index in [4.69, 9.17) is 9.47 Å². The maximum atomic E-state index is 13.1. The number of methoxy groups -OCH3 is 1. The van der Waals surface area contributed by atoms with Gasteiger partial charge in [0.15, 0.2) is 17.3 Å². The van der Waals surface area contributed by atoms with E-state index in [1.807, 2.05) is 38.4 Å². The van der Waals surface area contributed by atoms with Crippen molar-refractivity contribution in [3.8, 4) is 17.6 Å². The molecule has 0 radical (unpaired) electrons. The summed E-state index contributed by atoms with van der Waals surface area (Å²) in [6.45, 7) is 4.07. The number of carbonyl (C=O) groups is 1. The molecule has 0 spiro atoms. The molecule has 0 fully saturated rings. The normalized spacial score (nSPS) is 20.8. The third-order valence-corrected chi connectivity index (χ3v) is 5.40. The van der Waals surface area contributed by atoms with Gasteiger partial charge in [-0.2, -0.15) is 5.26 Å². The van der Waals surface area contributed by atoms with Crippen LogP contribution in [0.2, 0.25) is 0 Å². The van der Waals surface area contributed by atoms with Crippen LogP contribution >= 0.6 is 0 Å². The second-order valence-electron chi connectivity index (χ2n) is 8.17. The first-order valence-electron chi connectivity index (χ1n) is 9.43. The van der Waals surface area contributed by atoms with Crippen LogP contribution in [-0.2, 0) is 9.53 Å². The van der Waals surface area contributed by atoms with Gasteiger partial charge in [0.25, 0.3) is 0 Å². The minimum absolute atomic E-state index is 0.00161. The average Bonchev–Trinajstić information content (AvgIpc) is 3.20. The van der Waals surface area contributed by atoms with Gasteiger partial charge in [-0.3, -0.25) is 9.36 Å². The molecule has 1 aromatic carbocycles. The number of phenols is 1. The van der Waals surface area contributed by atoms with Gasteiger partial charge in [-0.1, -0.05) is 19.9 Å². The van der Waals surface area contributed by atoms with Crippen molar-refractivity contribution in [1.82, 2.24) is 4.57 Å². The quantitative estimate of drug-likeness (QED) is 0.842. The summed E-state index contributed by atoms with van der Waals surface area (Å²) in [6, 6.07) is 10.9. The van der Waals surface area contributed by atoms with Crippen molar-refractivity contribution in [2.75, 3.05) is 7.11 Å². The van der Waals surface area contributed by atoms with E-state index in [1.165, 1.54) is 13.2 Å². The molecule has 2 aromatic rings. The number of ketones is 1. The van der Waals surface area contributed by atoms with Crippen LogP contribution in [0.5, 0.6) is 11.5 Å². The van der Waals surface area contributed by atoms with Gasteiger partial charge in [0.1, 0.15) is 17.4 Å². The fourth-order valence-corrected chi connectivity index (χ4v) is 4.11. The summed E-state index contributed by atoms with van der Waals surface area (Å²) in [5.74, 6) is 0.693. The van der Waals surface area contributed by atoms with Crippen molar-refractivity contribution in [3.05, 3.63) is 65.2 Å². The van der Waals surface area contributed by atoms with Gasteiger partial charge < -0.3 is 14.6 Å². The maximum absolute atomic E-state index is 13.1. The minimum Gasteiger partial charge on any atom is -0.504 e. The summed E-state index contributed by atoms with van der Waals surface area (Å²) in [5, 5.41) is 20.0. The van der Waals surface area contributed by atoms with E-state index in [0.717, 1.165) is 0 Å². The highest BCUT2D eigenvalue weighted by molar-refractivity contribution is 6.00. The van der Waals surface area contributed by atoms with E-state index < -0.39 is 5.92 Å². The van der Waals surface area contributed by atoms with Gasteiger partial charge in [0.05, 0.1) is 13.0 Å². The topological polar surface area (TPSA) is 84.5 Å². The number of aromatic hydroxyl groups is 1. The molecule has 6 nitrogen and oxygen atoms in total. The van der Waals surface area contributed by atoms with Gasteiger partial charge in [-0.25, -0.2) is 0 Å². The lowest BCUT2D eigenvalue weighted by molar-refractivity contribution is -0.118. The van der Waals surface area contributed by atoms with Crippen LogP contribution in [0.25, 0.3) is 5.88 Å². The van der Waals surface area contributed by atoms with E-state index in [-0.39, 0.29) is 16.9 Å². The summed E-state index contributed by atoms with van der Waals surface area (Å²) >= 11 is 0. The van der Waals surface area contributed by atoms with Crippen molar-refractivity contribution in [1.29, 1.82) is 5.26 Å². The molecule has 148 valence electrons. The summed E-state index contributed by atoms with van der Waals surface area (Å²) in [5.41, 5.74) is 1.34. The molecule has 1 N–H and O–H groups in total. The number of allylic oxidation sites excluding steroid dienone is 3. The largest absolute Gasteiger partial charge is 0.504 e. The smallest absolute Gasteiger partial charge is 0.218 e. The number of benzene rings is 1. The Bertz CT molecular complexity index is 1080. The molecule has 0 saturated carbocycles. The number of Topliss-reactive ketones (excluding diaryl/α,β-unsaturated/α-hetero) is 1. The van der Waals surface area contributed by atoms with Crippen LogP contribution in [-0.4, -0.2) is 22.6 Å². The lowest BCUT2D eigenvalue weighted by Crippen LogP contribution is -2.32. The van der Waals surface area contributed by atoms with Crippen LogP contribution in [0.3, 0.4) is 0 Å². The molecule has 0 amide bonds. The van der Waals surface area contributed by atoms with Crippen LogP contribution in [0, 0.1) is 16.7 Å². The predicted molar refractivity (Wildman–Crippen MR) is 107 cm³/mol. The Hall–Kier alpha value is -3.46. The Morgan fingerprint density at radius 2 is 2.00 bits per heavy atom. The number of carbonyl (C=O) groups excluding carboxylic acids is 1. The van der Waals surface area contributed by atoms with Crippen molar-refractivity contribution in [2.45, 2.75) is 32.6 Å². The molecule has 2 heterocycles. The van der Waals surface area contributed by atoms with Crippen LogP contribution in [0.15, 0.2) is 59.6 Å².